The van der Waals surface area contributed by atoms with Crippen LogP contribution in [0.5, 0.6) is 0 Å². The number of aliphatic hydroxyl groups excluding tert-OH is 1. The van der Waals surface area contributed by atoms with Crippen LogP contribution in [0.15, 0.2) is 67.4 Å². The van der Waals surface area contributed by atoms with Crippen LogP contribution in [-0.2, 0) is 22.6 Å². The Labute approximate surface area is 225 Å². The first-order valence-electron chi connectivity index (χ1n) is 12.4. The number of aliphatic hydroxyl groups is 2. The molecule has 0 radical (unpaired) electrons. The van der Waals surface area contributed by atoms with Crippen molar-refractivity contribution in [2.75, 3.05) is 13.2 Å². The molecule has 4 atom stereocenters. The second kappa shape index (κ2) is 8.48. The predicted octanol–water partition coefficient (Wildman–Crippen LogP) is 4.35. The molecule has 2 aliphatic heterocycles. The normalized spacial score (nSPS) is 26.6. The molecule has 38 heavy (non-hydrogen) atoms. The zero-order valence-electron chi connectivity index (χ0n) is 20.8. The molecular weight excluding hydrogens is 502 g/mol. The second-order valence-corrected chi connectivity index (χ2v) is 11.0. The molecule has 0 saturated heterocycles. The molecule has 2 N–H and O–H groups in total. The van der Waals surface area contributed by atoms with Crippen molar-refractivity contribution in [3.63, 3.8) is 0 Å². The van der Waals surface area contributed by atoms with E-state index in [2.05, 4.69) is 17.6 Å². The van der Waals surface area contributed by atoms with Gasteiger partial charge in [0.2, 0.25) is 0 Å². The Morgan fingerprint density at radius 2 is 2.08 bits per heavy atom. The minimum absolute atomic E-state index is 0.0308. The lowest BCUT2D eigenvalue weighted by molar-refractivity contribution is -0.126. The summed E-state index contributed by atoms with van der Waals surface area (Å²) in [5, 5.41) is 31.2. The number of pyridine rings is 1. The first-order valence-corrected chi connectivity index (χ1v) is 12.8. The molecule has 7 nitrogen and oxygen atoms in total. The number of rotatable bonds is 6. The molecule has 0 bridgehead atoms. The third-order valence-electron chi connectivity index (χ3n) is 8.30. The number of halogens is 1. The van der Waals surface area contributed by atoms with Crippen molar-refractivity contribution in [2.45, 2.75) is 37.1 Å². The van der Waals surface area contributed by atoms with Gasteiger partial charge in [-0.25, -0.2) is 0 Å². The zero-order valence-corrected chi connectivity index (χ0v) is 21.6. The van der Waals surface area contributed by atoms with Crippen molar-refractivity contribution < 1.29 is 19.7 Å². The fourth-order valence-electron chi connectivity index (χ4n) is 5.87. The fraction of sp³-hybridized carbons (Fsp3) is 0.300. The molecule has 3 heterocycles. The summed E-state index contributed by atoms with van der Waals surface area (Å²) in [5.74, 6) is -0.294. The molecule has 3 unspecified atom stereocenters. The largest absolute Gasteiger partial charge is 0.396 e. The fourth-order valence-corrected chi connectivity index (χ4v) is 6.00. The monoisotopic (exact) mass is 527 g/mol. The molecule has 1 saturated carbocycles. The predicted molar refractivity (Wildman–Crippen MR) is 140 cm³/mol. The average Bonchev–Trinajstić information content (AvgIpc) is 3.63. The Morgan fingerprint density at radius 1 is 1.32 bits per heavy atom. The summed E-state index contributed by atoms with van der Waals surface area (Å²) in [7, 11) is 0. The number of nitrogens with zero attached hydrogens (tertiary/aromatic N) is 3. The number of carbonyl (C=O) groups excluding carboxylic acids is 1. The maximum absolute atomic E-state index is 14.3. The molecular formula is C30H26ClN3O4. The van der Waals surface area contributed by atoms with E-state index < -0.39 is 16.7 Å². The van der Waals surface area contributed by atoms with Crippen molar-refractivity contribution >= 4 is 17.5 Å². The SMILES string of the molecule is C=CC(C)(O)c1cc2c3c(c1)C1CC1(CO)CO[C@@]3(c1ccc(Cl)cc1)N(Cc1ccc(C#N)cn1)C2=O. The average molecular weight is 528 g/mol. The highest BCUT2D eigenvalue weighted by Gasteiger charge is 2.64. The van der Waals surface area contributed by atoms with Gasteiger partial charge in [0.25, 0.3) is 5.91 Å². The molecule has 1 fully saturated rings. The highest BCUT2D eigenvalue weighted by atomic mass is 35.5. The Balaban J connectivity index is 1.62. The van der Waals surface area contributed by atoms with Crippen LogP contribution in [-0.4, -0.2) is 39.2 Å². The van der Waals surface area contributed by atoms with E-state index in [0.717, 1.165) is 23.1 Å². The third kappa shape index (κ3) is 3.45. The first-order chi connectivity index (χ1) is 18.2. The van der Waals surface area contributed by atoms with Crippen LogP contribution in [0.1, 0.15) is 63.1 Å². The summed E-state index contributed by atoms with van der Waals surface area (Å²) in [6, 6.07) is 16.3. The molecule has 1 aromatic heterocycles. The summed E-state index contributed by atoms with van der Waals surface area (Å²) >= 11 is 6.24. The molecule has 0 spiro atoms. The number of fused-ring (bicyclic) bond motifs is 2. The molecule has 1 aliphatic carbocycles. The van der Waals surface area contributed by atoms with Crippen LogP contribution in [0.25, 0.3) is 0 Å². The summed E-state index contributed by atoms with van der Waals surface area (Å²) in [6.45, 7) is 5.72. The van der Waals surface area contributed by atoms with Gasteiger partial charge >= 0.3 is 0 Å². The van der Waals surface area contributed by atoms with E-state index in [4.69, 9.17) is 16.3 Å². The van der Waals surface area contributed by atoms with Gasteiger partial charge in [-0.15, -0.1) is 0 Å². The lowest BCUT2D eigenvalue weighted by Crippen LogP contribution is -2.47. The van der Waals surface area contributed by atoms with Crippen molar-refractivity contribution in [3.8, 4) is 6.07 Å². The smallest absolute Gasteiger partial charge is 0.257 e. The lowest BCUT2D eigenvalue weighted by Gasteiger charge is -2.40. The van der Waals surface area contributed by atoms with E-state index in [1.165, 1.54) is 12.3 Å². The van der Waals surface area contributed by atoms with Gasteiger partial charge in [-0.1, -0.05) is 42.5 Å². The number of nitriles is 1. The van der Waals surface area contributed by atoms with Gasteiger partial charge < -0.3 is 14.9 Å². The number of carbonyl (C=O) groups is 1. The van der Waals surface area contributed by atoms with Gasteiger partial charge in [0, 0.05) is 33.3 Å². The van der Waals surface area contributed by atoms with Gasteiger partial charge in [0.05, 0.1) is 31.0 Å². The first kappa shape index (κ1) is 24.8. The molecule has 192 valence electrons. The quantitative estimate of drug-likeness (QED) is 0.461. The summed E-state index contributed by atoms with van der Waals surface area (Å²) in [5.41, 5.74) is 1.20. The Morgan fingerprint density at radius 3 is 2.71 bits per heavy atom. The van der Waals surface area contributed by atoms with Gasteiger partial charge in [-0.3, -0.25) is 14.7 Å². The molecule has 8 heteroatoms. The van der Waals surface area contributed by atoms with Crippen molar-refractivity contribution in [2.24, 2.45) is 5.41 Å². The summed E-state index contributed by atoms with van der Waals surface area (Å²) < 4.78 is 6.78. The maximum atomic E-state index is 14.3. The number of ether oxygens (including phenoxy) is 1. The van der Waals surface area contributed by atoms with E-state index in [0.29, 0.717) is 27.4 Å². The molecule has 3 aliphatic rings. The second-order valence-electron chi connectivity index (χ2n) is 10.6. The standard InChI is InChI=1S/C30H26ClN3O4/c1-3-28(2,37)20-10-23-25-12-29(25,16-35)17-38-30(19-5-7-21(31)8-6-19)26(23)24(11-20)27(36)34(30)15-22-9-4-18(13-32)14-33-22/h3-11,14,25,35,37H,1,12,15-17H2,2H3/t25?,28?,29?,30-/m1/s1. The minimum Gasteiger partial charge on any atom is -0.396 e. The van der Waals surface area contributed by atoms with Crippen LogP contribution < -0.4 is 0 Å². The van der Waals surface area contributed by atoms with E-state index in [-0.39, 0.29) is 31.6 Å². The van der Waals surface area contributed by atoms with E-state index >= 15 is 0 Å². The highest BCUT2D eigenvalue weighted by molar-refractivity contribution is 6.30. The summed E-state index contributed by atoms with van der Waals surface area (Å²) in [6.07, 6.45) is 3.65. The van der Waals surface area contributed by atoms with Gasteiger partial charge in [0.1, 0.15) is 11.7 Å². The van der Waals surface area contributed by atoms with Crippen molar-refractivity contribution in [3.05, 3.63) is 111 Å². The molecule has 6 rings (SSSR count). The molecule has 3 aromatic rings. The van der Waals surface area contributed by atoms with Gasteiger partial charge in [-0.2, -0.15) is 5.26 Å². The maximum Gasteiger partial charge on any atom is 0.257 e. The molecule has 1 amide bonds. The summed E-state index contributed by atoms with van der Waals surface area (Å²) in [4.78, 5) is 20.3. The van der Waals surface area contributed by atoms with Gasteiger partial charge in [-0.05, 0) is 60.7 Å². The number of hydrogen-bond acceptors (Lipinski definition) is 6. The van der Waals surface area contributed by atoms with Crippen LogP contribution in [0.3, 0.4) is 0 Å². The van der Waals surface area contributed by atoms with E-state index in [9.17, 15) is 20.3 Å². The van der Waals surface area contributed by atoms with Crippen LogP contribution in [0, 0.1) is 16.7 Å². The van der Waals surface area contributed by atoms with Crippen LogP contribution >= 0.6 is 11.6 Å². The van der Waals surface area contributed by atoms with E-state index in [1.54, 1.807) is 42.2 Å². The number of aromatic nitrogens is 1. The number of hydrogen-bond donors (Lipinski definition) is 2. The minimum atomic E-state index is -1.36. The van der Waals surface area contributed by atoms with Crippen LogP contribution in [0.4, 0.5) is 0 Å². The topological polar surface area (TPSA) is 107 Å². The van der Waals surface area contributed by atoms with Gasteiger partial charge in [0.15, 0.2) is 5.72 Å². The van der Waals surface area contributed by atoms with Crippen molar-refractivity contribution in [1.82, 2.24) is 9.88 Å². The van der Waals surface area contributed by atoms with E-state index in [1.807, 2.05) is 18.2 Å². The number of benzene rings is 2. The third-order valence-corrected chi connectivity index (χ3v) is 8.56. The zero-order chi connectivity index (χ0) is 26.9. The highest BCUT2D eigenvalue weighted by Crippen LogP contribution is 2.66. The Bertz CT molecular complexity index is 1510. The molecule has 2 aromatic carbocycles. The lowest BCUT2D eigenvalue weighted by atomic mass is 9.83. The Hall–Kier alpha value is -3.54. The van der Waals surface area contributed by atoms with Crippen molar-refractivity contribution in [1.29, 1.82) is 5.26 Å². The Kier molecular flexibility index (Phi) is 5.53. The van der Waals surface area contributed by atoms with Crippen LogP contribution in [0.2, 0.25) is 5.02 Å². The number of amides is 1.